The summed E-state index contributed by atoms with van der Waals surface area (Å²) in [6.07, 6.45) is -0.707. The molecule has 8 nitrogen and oxygen atoms in total. The molecule has 0 bridgehead atoms. The van der Waals surface area contributed by atoms with Gasteiger partial charge in [0, 0.05) is 6.54 Å². The quantitative estimate of drug-likeness (QED) is 0.839. The van der Waals surface area contributed by atoms with Gasteiger partial charge in [-0.25, -0.2) is 9.18 Å². The second-order valence-corrected chi connectivity index (χ2v) is 5.61. The molecule has 2 N–H and O–H groups in total. The second kappa shape index (κ2) is 7.58. The first-order chi connectivity index (χ1) is 12.1. The van der Waals surface area contributed by atoms with Crippen molar-refractivity contribution in [2.24, 2.45) is 0 Å². The van der Waals surface area contributed by atoms with Crippen LogP contribution in [0.3, 0.4) is 0 Å². The van der Waals surface area contributed by atoms with E-state index in [4.69, 9.17) is 9.26 Å². The standard InChI is InChI=1S/C16H19FN4O4/c1-2-21(12-8-24-9-13(12)22)16(23)18-7-14-19-15(20-25-14)10-5-3-4-6-11(10)17/h3-6,12-13,22H,2,7-9H2,1H3,(H,18,23)/t12-,13-/m0/s1. The van der Waals surface area contributed by atoms with Gasteiger partial charge in [-0.1, -0.05) is 17.3 Å². The van der Waals surface area contributed by atoms with Crippen molar-refractivity contribution in [3.05, 3.63) is 36.0 Å². The SMILES string of the molecule is CCN(C(=O)NCc1nc(-c2ccccc2F)no1)[C@H]1COC[C@@H]1O. The van der Waals surface area contributed by atoms with Crippen LogP contribution in [0.1, 0.15) is 12.8 Å². The lowest BCUT2D eigenvalue weighted by Crippen LogP contribution is -2.50. The molecule has 2 heterocycles. The van der Waals surface area contributed by atoms with E-state index in [-0.39, 0.29) is 42.5 Å². The number of nitrogens with one attached hydrogen (secondary N) is 1. The summed E-state index contributed by atoms with van der Waals surface area (Å²) in [6.45, 7) is 2.74. The fourth-order valence-electron chi connectivity index (χ4n) is 2.69. The van der Waals surface area contributed by atoms with Crippen molar-refractivity contribution in [1.82, 2.24) is 20.4 Å². The molecule has 2 atom stereocenters. The average molecular weight is 350 g/mol. The van der Waals surface area contributed by atoms with Crippen LogP contribution in [0.15, 0.2) is 28.8 Å². The minimum Gasteiger partial charge on any atom is -0.388 e. The van der Waals surface area contributed by atoms with Crippen molar-refractivity contribution >= 4 is 6.03 Å². The number of benzene rings is 1. The topological polar surface area (TPSA) is 101 Å². The number of aliphatic hydroxyl groups is 1. The first-order valence-corrected chi connectivity index (χ1v) is 7.98. The number of nitrogens with zero attached hydrogens (tertiary/aromatic N) is 3. The third-order valence-electron chi connectivity index (χ3n) is 4.00. The van der Waals surface area contributed by atoms with Crippen molar-refractivity contribution in [2.75, 3.05) is 19.8 Å². The average Bonchev–Trinajstić information content (AvgIpc) is 3.24. The summed E-state index contributed by atoms with van der Waals surface area (Å²) in [6, 6.07) is 5.33. The number of likely N-dealkylation sites (N-methyl/N-ethyl adjacent to an activating group) is 1. The normalized spacial score (nSPS) is 19.8. The van der Waals surface area contributed by atoms with E-state index in [2.05, 4.69) is 15.5 Å². The Kier molecular flexibility index (Phi) is 5.25. The number of hydrogen-bond donors (Lipinski definition) is 2. The second-order valence-electron chi connectivity index (χ2n) is 5.61. The van der Waals surface area contributed by atoms with Gasteiger partial charge in [-0.15, -0.1) is 0 Å². The van der Waals surface area contributed by atoms with Crippen LogP contribution in [0.2, 0.25) is 0 Å². The molecule has 1 aromatic carbocycles. The van der Waals surface area contributed by atoms with Gasteiger partial charge in [-0.3, -0.25) is 0 Å². The monoisotopic (exact) mass is 350 g/mol. The Balaban J connectivity index is 1.62. The number of rotatable bonds is 5. The fourth-order valence-corrected chi connectivity index (χ4v) is 2.69. The predicted octanol–water partition coefficient (Wildman–Crippen LogP) is 1.17. The summed E-state index contributed by atoms with van der Waals surface area (Å²) in [7, 11) is 0. The fraction of sp³-hybridized carbons (Fsp3) is 0.438. The number of hydrogen-bond acceptors (Lipinski definition) is 6. The van der Waals surface area contributed by atoms with Crippen LogP contribution in [-0.4, -0.2) is 58.1 Å². The van der Waals surface area contributed by atoms with Crippen LogP contribution >= 0.6 is 0 Å². The number of carbonyl (C=O) groups is 1. The van der Waals surface area contributed by atoms with Gasteiger partial charge in [-0.05, 0) is 19.1 Å². The van der Waals surface area contributed by atoms with Crippen molar-refractivity contribution in [3.8, 4) is 11.4 Å². The van der Waals surface area contributed by atoms with Crippen molar-refractivity contribution in [2.45, 2.75) is 25.6 Å². The minimum absolute atomic E-state index is 0.000455. The lowest BCUT2D eigenvalue weighted by Gasteiger charge is -2.28. The minimum atomic E-state index is -0.707. The molecule has 134 valence electrons. The molecule has 3 rings (SSSR count). The van der Waals surface area contributed by atoms with Crippen molar-refractivity contribution in [3.63, 3.8) is 0 Å². The first kappa shape index (κ1) is 17.3. The van der Waals surface area contributed by atoms with Gasteiger partial charge in [0.1, 0.15) is 5.82 Å². The molecule has 0 aliphatic carbocycles. The highest BCUT2D eigenvalue weighted by Gasteiger charge is 2.33. The Morgan fingerprint density at radius 1 is 1.44 bits per heavy atom. The van der Waals surface area contributed by atoms with Crippen LogP contribution in [0.5, 0.6) is 0 Å². The lowest BCUT2D eigenvalue weighted by molar-refractivity contribution is 0.0960. The molecule has 9 heteroatoms. The Labute approximate surface area is 143 Å². The van der Waals surface area contributed by atoms with Gasteiger partial charge >= 0.3 is 6.03 Å². The summed E-state index contributed by atoms with van der Waals surface area (Å²) < 4.78 is 24.0. The van der Waals surface area contributed by atoms with Crippen molar-refractivity contribution in [1.29, 1.82) is 0 Å². The van der Waals surface area contributed by atoms with Crippen LogP contribution in [0.25, 0.3) is 11.4 Å². The maximum Gasteiger partial charge on any atom is 0.318 e. The zero-order valence-corrected chi connectivity index (χ0v) is 13.7. The van der Waals surface area contributed by atoms with E-state index < -0.39 is 11.9 Å². The molecular weight excluding hydrogens is 331 g/mol. The molecule has 0 unspecified atom stereocenters. The summed E-state index contributed by atoms with van der Waals surface area (Å²) in [5.41, 5.74) is 0.227. The zero-order chi connectivity index (χ0) is 17.8. The van der Waals surface area contributed by atoms with E-state index >= 15 is 0 Å². The summed E-state index contributed by atoms with van der Waals surface area (Å²) >= 11 is 0. The number of amides is 2. The Bertz CT molecular complexity index is 738. The molecule has 0 saturated carbocycles. The highest BCUT2D eigenvalue weighted by molar-refractivity contribution is 5.74. The number of ether oxygens (including phenoxy) is 1. The van der Waals surface area contributed by atoms with E-state index in [0.717, 1.165) is 0 Å². The molecule has 0 radical (unpaired) electrons. The third kappa shape index (κ3) is 3.77. The molecule has 25 heavy (non-hydrogen) atoms. The number of aromatic nitrogens is 2. The molecule has 2 amide bonds. The summed E-state index contributed by atoms with van der Waals surface area (Å²) in [5.74, 6) is -0.175. The number of aliphatic hydroxyl groups excluding tert-OH is 1. The predicted molar refractivity (Wildman–Crippen MR) is 84.9 cm³/mol. The lowest BCUT2D eigenvalue weighted by atomic mass is 10.2. The van der Waals surface area contributed by atoms with E-state index in [9.17, 15) is 14.3 Å². The third-order valence-corrected chi connectivity index (χ3v) is 4.00. The molecule has 2 aromatic rings. The van der Waals surface area contributed by atoms with Gasteiger partial charge in [0.25, 0.3) is 0 Å². The summed E-state index contributed by atoms with van der Waals surface area (Å²) in [4.78, 5) is 17.9. The van der Waals surface area contributed by atoms with Gasteiger partial charge < -0.3 is 24.6 Å². The number of halogens is 1. The van der Waals surface area contributed by atoms with Gasteiger partial charge in [-0.2, -0.15) is 4.98 Å². The smallest absolute Gasteiger partial charge is 0.318 e. The maximum absolute atomic E-state index is 13.7. The molecule has 1 aliphatic heterocycles. The Hall–Kier alpha value is -2.52. The molecule has 1 fully saturated rings. The van der Waals surface area contributed by atoms with E-state index in [0.29, 0.717) is 13.2 Å². The highest BCUT2D eigenvalue weighted by Crippen LogP contribution is 2.19. The van der Waals surface area contributed by atoms with Crippen LogP contribution in [0, 0.1) is 5.82 Å². The van der Waals surface area contributed by atoms with E-state index in [1.807, 2.05) is 6.92 Å². The molecule has 0 spiro atoms. The molecule has 1 aliphatic rings. The van der Waals surface area contributed by atoms with Crippen LogP contribution in [-0.2, 0) is 11.3 Å². The number of urea groups is 1. The van der Waals surface area contributed by atoms with Gasteiger partial charge in [0.2, 0.25) is 11.7 Å². The summed E-state index contributed by atoms with van der Waals surface area (Å²) in [5, 5.41) is 16.2. The van der Waals surface area contributed by atoms with Gasteiger partial charge in [0.15, 0.2) is 0 Å². The Morgan fingerprint density at radius 2 is 2.24 bits per heavy atom. The van der Waals surface area contributed by atoms with E-state index in [1.54, 1.807) is 18.2 Å². The highest BCUT2D eigenvalue weighted by atomic mass is 19.1. The Morgan fingerprint density at radius 3 is 2.92 bits per heavy atom. The maximum atomic E-state index is 13.7. The van der Waals surface area contributed by atoms with Crippen LogP contribution in [0.4, 0.5) is 9.18 Å². The molecular formula is C16H19FN4O4. The van der Waals surface area contributed by atoms with Gasteiger partial charge in [0.05, 0.1) is 37.5 Å². The molecule has 1 saturated heterocycles. The zero-order valence-electron chi connectivity index (χ0n) is 13.7. The first-order valence-electron chi connectivity index (χ1n) is 7.98. The van der Waals surface area contributed by atoms with E-state index in [1.165, 1.54) is 11.0 Å². The number of carbonyl (C=O) groups excluding carboxylic acids is 1. The largest absolute Gasteiger partial charge is 0.388 e. The van der Waals surface area contributed by atoms with Crippen molar-refractivity contribution < 1.29 is 23.6 Å². The van der Waals surface area contributed by atoms with Crippen LogP contribution < -0.4 is 5.32 Å². The molecule has 1 aromatic heterocycles.